The Balaban J connectivity index is 3.18. The summed E-state index contributed by atoms with van der Waals surface area (Å²) in [6.45, 7) is 11.0. The first-order valence-electron chi connectivity index (χ1n) is 6.89. The predicted molar refractivity (Wildman–Crippen MR) is 82.0 cm³/mol. The Morgan fingerprint density at radius 2 is 1.81 bits per heavy atom. The van der Waals surface area contributed by atoms with Crippen LogP contribution in [0, 0.1) is 6.92 Å². The second-order valence-corrected chi connectivity index (χ2v) is 6.25. The molecule has 1 amide bonds. The molecule has 0 saturated carbocycles. The summed E-state index contributed by atoms with van der Waals surface area (Å²) in [5.74, 6) is -0.988. The van der Waals surface area contributed by atoms with E-state index >= 15 is 0 Å². The molecule has 0 saturated heterocycles. The Kier molecular flexibility index (Phi) is 4.99. The minimum atomic E-state index is -0.988. The van der Waals surface area contributed by atoms with Crippen molar-refractivity contribution < 1.29 is 19.4 Å². The number of carbonyl (C=O) groups excluding carboxylic acids is 1. The van der Waals surface area contributed by atoms with Gasteiger partial charge in [-0.25, -0.2) is 9.59 Å². The van der Waals surface area contributed by atoms with Gasteiger partial charge in [0.05, 0.1) is 11.3 Å². The van der Waals surface area contributed by atoms with Crippen LogP contribution in [-0.2, 0) is 4.74 Å². The lowest BCUT2D eigenvalue weighted by atomic mass is 10.1. The number of ether oxygens (including phenoxy) is 1. The molecule has 0 aliphatic heterocycles. The minimum Gasteiger partial charge on any atom is -0.478 e. The zero-order chi connectivity index (χ0) is 16.4. The van der Waals surface area contributed by atoms with Crippen LogP contribution in [0.15, 0.2) is 18.2 Å². The fraction of sp³-hybridized carbons (Fsp3) is 0.500. The topological polar surface area (TPSA) is 66.8 Å². The minimum absolute atomic E-state index is 0.103. The van der Waals surface area contributed by atoms with Gasteiger partial charge in [0.2, 0.25) is 0 Å². The summed E-state index contributed by atoms with van der Waals surface area (Å²) in [5, 5.41) is 9.00. The Morgan fingerprint density at radius 1 is 1.24 bits per heavy atom. The van der Waals surface area contributed by atoms with Crippen LogP contribution in [0.3, 0.4) is 0 Å². The van der Waals surface area contributed by atoms with E-state index in [-0.39, 0.29) is 11.6 Å². The number of carbonyl (C=O) groups is 2. The van der Waals surface area contributed by atoms with E-state index in [0.29, 0.717) is 5.69 Å². The lowest BCUT2D eigenvalue weighted by Gasteiger charge is -2.31. The largest absolute Gasteiger partial charge is 0.478 e. The second kappa shape index (κ2) is 6.16. The van der Waals surface area contributed by atoms with E-state index in [1.165, 1.54) is 11.0 Å². The van der Waals surface area contributed by atoms with Crippen LogP contribution in [0.2, 0.25) is 0 Å². The van der Waals surface area contributed by atoms with Crippen molar-refractivity contribution in [3.8, 4) is 0 Å². The highest BCUT2D eigenvalue weighted by Gasteiger charge is 2.26. The Hall–Kier alpha value is -2.04. The number of hydrogen-bond donors (Lipinski definition) is 1. The summed E-state index contributed by atoms with van der Waals surface area (Å²) in [6.07, 6.45) is -0.441. The molecule has 0 radical (unpaired) electrons. The molecule has 1 aromatic carbocycles. The Labute approximate surface area is 125 Å². The maximum Gasteiger partial charge on any atom is 0.415 e. The molecule has 5 nitrogen and oxygen atoms in total. The van der Waals surface area contributed by atoms with Gasteiger partial charge >= 0.3 is 12.1 Å². The van der Waals surface area contributed by atoms with E-state index in [1.54, 1.807) is 19.1 Å². The van der Waals surface area contributed by atoms with Gasteiger partial charge in [-0.3, -0.25) is 4.90 Å². The van der Waals surface area contributed by atoms with E-state index < -0.39 is 17.7 Å². The van der Waals surface area contributed by atoms with Crippen molar-refractivity contribution in [1.29, 1.82) is 0 Å². The van der Waals surface area contributed by atoms with Crippen molar-refractivity contribution in [3.63, 3.8) is 0 Å². The number of hydrogen-bond acceptors (Lipinski definition) is 3. The number of anilines is 1. The monoisotopic (exact) mass is 293 g/mol. The number of aromatic carboxylic acids is 1. The summed E-state index contributed by atoms with van der Waals surface area (Å²) in [5.41, 5.74) is 0.988. The zero-order valence-electron chi connectivity index (χ0n) is 13.4. The van der Waals surface area contributed by atoms with Gasteiger partial charge in [-0.05, 0) is 65.3 Å². The summed E-state index contributed by atoms with van der Waals surface area (Å²) in [6, 6.07) is 4.58. The van der Waals surface area contributed by atoms with Crippen LogP contribution in [0.1, 0.15) is 50.5 Å². The van der Waals surface area contributed by atoms with Gasteiger partial charge in [0.15, 0.2) is 0 Å². The highest BCUT2D eigenvalue weighted by atomic mass is 16.6. The SMILES string of the molecule is Cc1cc(C(=O)O)ccc1N(C(=O)OC(C)(C)C)C(C)C. The second-order valence-electron chi connectivity index (χ2n) is 6.25. The maximum absolute atomic E-state index is 12.4. The van der Waals surface area contributed by atoms with Gasteiger partial charge in [0.25, 0.3) is 0 Å². The summed E-state index contributed by atoms with van der Waals surface area (Å²) >= 11 is 0. The first-order chi connectivity index (χ1) is 9.53. The number of carboxylic acids is 1. The van der Waals surface area contributed by atoms with Crippen molar-refractivity contribution in [2.45, 2.75) is 53.2 Å². The van der Waals surface area contributed by atoms with E-state index in [4.69, 9.17) is 9.84 Å². The first kappa shape index (κ1) is 17.0. The molecule has 0 aromatic heterocycles. The zero-order valence-corrected chi connectivity index (χ0v) is 13.4. The third-order valence-corrected chi connectivity index (χ3v) is 2.81. The van der Waals surface area contributed by atoms with Crippen molar-refractivity contribution in [3.05, 3.63) is 29.3 Å². The molecule has 0 bridgehead atoms. The molecule has 0 atom stereocenters. The van der Waals surface area contributed by atoms with E-state index in [2.05, 4.69) is 0 Å². The van der Waals surface area contributed by atoms with Gasteiger partial charge in [-0.1, -0.05) is 0 Å². The molecule has 5 heteroatoms. The van der Waals surface area contributed by atoms with Crippen molar-refractivity contribution in [1.82, 2.24) is 0 Å². The van der Waals surface area contributed by atoms with Crippen LogP contribution < -0.4 is 4.90 Å². The summed E-state index contributed by atoms with van der Waals surface area (Å²) in [7, 11) is 0. The third-order valence-electron chi connectivity index (χ3n) is 2.81. The molecule has 0 spiro atoms. The first-order valence-corrected chi connectivity index (χ1v) is 6.89. The van der Waals surface area contributed by atoms with E-state index in [0.717, 1.165) is 5.56 Å². The van der Waals surface area contributed by atoms with E-state index in [9.17, 15) is 9.59 Å². The van der Waals surface area contributed by atoms with Crippen LogP contribution >= 0.6 is 0 Å². The quantitative estimate of drug-likeness (QED) is 0.919. The van der Waals surface area contributed by atoms with Gasteiger partial charge in [0.1, 0.15) is 5.60 Å². The molecule has 0 heterocycles. The highest BCUT2D eigenvalue weighted by molar-refractivity contribution is 5.92. The molecule has 21 heavy (non-hydrogen) atoms. The summed E-state index contributed by atoms with van der Waals surface area (Å²) in [4.78, 5) is 24.9. The summed E-state index contributed by atoms with van der Waals surface area (Å²) < 4.78 is 5.42. The van der Waals surface area contributed by atoms with Crippen molar-refractivity contribution in [2.24, 2.45) is 0 Å². The van der Waals surface area contributed by atoms with Crippen LogP contribution in [0.5, 0.6) is 0 Å². The van der Waals surface area contributed by atoms with Crippen molar-refractivity contribution >= 4 is 17.7 Å². The van der Waals surface area contributed by atoms with Crippen LogP contribution in [0.4, 0.5) is 10.5 Å². The lowest BCUT2D eigenvalue weighted by molar-refractivity contribution is 0.0569. The Morgan fingerprint density at radius 3 is 2.19 bits per heavy atom. The number of aryl methyl sites for hydroxylation is 1. The molecular weight excluding hydrogens is 270 g/mol. The van der Waals surface area contributed by atoms with Crippen LogP contribution in [-0.4, -0.2) is 28.8 Å². The molecule has 0 aliphatic carbocycles. The molecule has 1 rings (SSSR count). The van der Waals surface area contributed by atoms with Crippen molar-refractivity contribution in [2.75, 3.05) is 4.90 Å². The smallest absolute Gasteiger partial charge is 0.415 e. The fourth-order valence-corrected chi connectivity index (χ4v) is 1.96. The number of benzene rings is 1. The van der Waals surface area contributed by atoms with E-state index in [1.807, 2.05) is 34.6 Å². The van der Waals surface area contributed by atoms with Gasteiger partial charge in [0, 0.05) is 6.04 Å². The number of carboxylic acid groups (broad SMARTS) is 1. The molecular formula is C16H23NO4. The molecule has 116 valence electrons. The van der Waals surface area contributed by atoms with Crippen LogP contribution in [0.25, 0.3) is 0 Å². The molecule has 0 aliphatic rings. The standard InChI is InChI=1S/C16H23NO4/c1-10(2)17(15(20)21-16(4,5)6)13-8-7-12(14(18)19)9-11(13)3/h7-10H,1-6H3,(H,18,19). The molecule has 0 unspecified atom stereocenters. The highest BCUT2D eigenvalue weighted by Crippen LogP contribution is 2.25. The maximum atomic E-state index is 12.4. The predicted octanol–water partition coefficient (Wildman–Crippen LogP) is 3.84. The average Bonchev–Trinajstić information content (AvgIpc) is 2.28. The molecule has 1 aromatic rings. The van der Waals surface area contributed by atoms with Gasteiger partial charge in [-0.15, -0.1) is 0 Å². The lowest BCUT2D eigenvalue weighted by Crippen LogP contribution is -2.41. The van der Waals surface area contributed by atoms with Gasteiger partial charge < -0.3 is 9.84 Å². The molecule has 0 fully saturated rings. The molecule has 1 N–H and O–H groups in total. The fourth-order valence-electron chi connectivity index (χ4n) is 1.96. The third kappa shape index (κ3) is 4.48. The van der Waals surface area contributed by atoms with Gasteiger partial charge in [-0.2, -0.15) is 0 Å². The number of rotatable bonds is 3. The average molecular weight is 293 g/mol. The number of amides is 1. The normalized spacial score (nSPS) is 11.4. The Bertz CT molecular complexity index is 544. The number of nitrogens with zero attached hydrogens (tertiary/aromatic N) is 1.